The highest BCUT2D eigenvalue weighted by atomic mass is 16.5. The number of carbonyl (C=O) groups is 2. The number of hydrogen-bond donors (Lipinski definition) is 0. The van der Waals surface area contributed by atoms with Gasteiger partial charge in [0.05, 0.1) is 37.4 Å². The maximum atomic E-state index is 13.9. The molecule has 0 radical (unpaired) electrons. The van der Waals surface area contributed by atoms with Gasteiger partial charge in [0.15, 0.2) is 17.4 Å². The van der Waals surface area contributed by atoms with Gasteiger partial charge in [0.2, 0.25) is 11.9 Å². The molecule has 3 aromatic rings. The molecule has 0 saturated carbocycles. The monoisotopic (exact) mass is 507 g/mol. The van der Waals surface area contributed by atoms with E-state index in [1.807, 2.05) is 47.0 Å². The number of nitrogens with zero attached hydrogens (tertiary/aromatic N) is 3. The number of methoxy groups -OCH3 is 1. The van der Waals surface area contributed by atoms with E-state index in [4.69, 9.17) is 19.2 Å². The zero-order valence-corrected chi connectivity index (χ0v) is 22.4. The summed E-state index contributed by atoms with van der Waals surface area (Å²) in [6.07, 6.45) is 2.63. The average molecular weight is 508 g/mol. The Labute approximate surface area is 218 Å². The molecule has 2 unspecified atom stereocenters. The molecule has 198 valence electrons. The van der Waals surface area contributed by atoms with Crippen LogP contribution in [0.3, 0.4) is 0 Å². The molecular formula is C29H37N3O5. The molecule has 1 amide bonds. The highest BCUT2D eigenvalue weighted by molar-refractivity contribution is 6.08. The molecule has 0 spiro atoms. The number of carbonyl (C=O) groups excluding carboxylic acids is 2. The number of anilines is 1. The third kappa shape index (κ3) is 5.29. The lowest BCUT2D eigenvalue weighted by molar-refractivity contribution is -0.153. The number of imidazole rings is 1. The van der Waals surface area contributed by atoms with E-state index in [1.54, 1.807) is 18.9 Å². The van der Waals surface area contributed by atoms with Gasteiger partial charge in [-0.25, -0.2) is 4.98 Å². The van der Waals surface area contributed by atoms with Crippen LogP contribution in [0, 0.1) is 11.8 Å². The fourth-order valence-corrected chi connectivity index (χ4v) is 4.77. The van der Waals surface area contributed by atoms with E-state index in [-0.39, 0.29) is 12.5 Å². The molecule has 0 aliphatic carbocycles. The predicted molar refractivity (Wildman–Crippen MR) is 143 cm³/mol. The fraction of sp³-hybridized carbons (Fsp3) is 0.483. The molecule has 0 fully saturated rings. The minimum Gasteiger partial charge on any atom is -0.493 e. The number of benzene rings is 2. The SMILES string of the molecule is CCCCN1C(=O)C(C(=O)OCC)C(c2ccc(OCCC(C)C)c(OC)c2)n2c1nc1ccccc12. The van der Waals surface area contributed by atoms with Gasteiger partial charge in [0.25, 0.3) is 0 Å². The third-order valence-corrected chi connectivity index (χ3v) is 6.70. The minimum absolute atomic E-state index is 0.188. The number of para-hydroxylation sites is 2. The molecule has 0 saturated heterocycles. The van der Waals surface area contributed by atoms with Crippen molar-refractivity contribution in [3.8, 4) is 11.5 Å². The number of ether oxygens (including phenoxy) is 3. The third-order valence-electron chi connectivity index (χ3n) is 6.70. The number of hydrogen-bond acceptors (Lipinski definition) is 6. The second-order valence-corrected chi connectivity index (χ2v) is 9.73. The van der Waals surface area contributed by atoms with Gasteiger partial charge < -0.3 is 18.8 Å². The van der Waals surface area contributed by atoms with Gasteiger partial charge in [-0.15, -0.1) is 0 Å². The normalized spacial score (nSPS) is 17.2. The van der Waals surface area contributed by atoms with Crippen LogP contribution in [0.1, 0.15) is 58.6 Å². The van der Waals surface area contributed by atoms with E-state index in [0.717, 1.165) is 35.9 Å². The van der Waals surface area contributed by atoms with Crippen molar-refractivity contribution in [3.63, 3.8) is 0 Å². The second-order valence-electron chi connectivity index (χ2n) is 9.73. The number of unbranched alkanes of at least 4 members (excludes halogenated alkanes) is 1. The second kappa shape index (κ2) is 11.7. The fourth-order valence-electron chi connectivity index (χ4n) is 4.77. The van der Waals surface area contributed by atoms with E-state index in [9.17, 15) is 9.59 Å². The van der Waals surface area contributed by atoms with Crippen LogP contribution < -0.4 is 14.4 Å². The average Bonchev–Trinajstić information content (AvgIpc) is 3.26. The van der Waals surface area contributed by atoms with E-state index in [0.29, 0.717) is 36.5 Å². The topological polar surface area (TPSA) is 82.9 Å². The lowest BCUT2D eigenvalue weighted by Crippen LogP contribution is -2.50. The van der Waals surface area contributed by atoms with Gasteiger partial charge >= 0.3 is 5.97 Å². The van der Waals surface area contributed by atoms with Crippen LogP contribution in [0.4, 0.5) is 5.95 Å². The largest absolute Gasteiger partial charge is 0.493 e. The molecule has 1 aliphatic heterocycles. The Morgan fingerprint density at radius 2 is 1.89 bits per heavy atom. The van der Waals surface area contributed by atoms with Gasteiger partial charge in [0.1, 0.15) is 0 Å². The maximum absolute atomic E-state index is 13.9. The highest BCUT2D eigenvalue weighted by Crippen LogP contribution is 2.43. The van der Waals surface area contributed by atoms with Crippen LogP contribution >= 0.6 is 0 Å². The zero-order chi connectivity index (χ0) is 26.5. The summed E-state index contributed by atoms with van der Waals surface area (Å²) in [5, 5.41) is 0. The standard InChI is InChI=1S/C29H37N3O5/c1-6-8-16-31-27(33)25(28(34)36-7-2)26(32-22-12-10-9-11-21(22)30-29(31)32)20-13-14-23(24(18-20)35-5)37-17-15-19(3)4/h9-14,18-19,25-26H,6-8,15-17H2,1-5H3. The van der Waals surface area contributed by atoms with Crippen LogP contribution in [-0.2, 0) is 14.3 Å². The first-order valence-electron chi connectivity index (χ1n) is 13.2. The minimum atomic E-state index is -1.06. The van der Waals surface area contributed by atoms with E-state index < -0.39 is 17.9 Å². The summed E-state index contributed by atoms with van der Waals surface area (Å²) in [5.41, 5.74) is 2.36. The van der Waals surface area contributed by atoms with Crippen LogP contribution in [0.2, 0.25) is 0 Å². The first kappa shape index (κ1) is 26.5. The van der Waals surface area contributed by atoms with Crippen LogP contribution in [0.25, 0.3) is 11.0 Å². The molecule has 2 aromatic carbocycles. The number of rotatable bonds is 11. The van der Waals surface area contributed by atoms with Crippen LogP contribution in [0.15, 0.2) is 42.5 Å². The lowest BCUT2D eigenvalue weighted by atomic mass is 9.89. The van der Waals surface area contributed by atoms with Crippen molar-refractivity contribution in [1.29, 1.82) is 0 Å². The molecule has 1 aromatic heterocycles. The molecule has 0 N–H and O–H groups in total. The summed E-state index contributed by atoms with van der Waals surface area (Å²) in [4.78, 5) is 33.7. The predicted octanol–water partition coefficient (Wildman–Crippen LogP) is 5.39. The first-order chi connectivity index (χ1) is 17.9. The van der Waals surface area contributed by atoms with Crippen LogP contribution in [0.5, 0.6) is 11.5 Å². The Bertz CT molecular complexity index is 1250. The van der Waals surface area contributed by atoms with E-state index in [2.05, 4.69) is 20.8 Å². The number of amides is 1. The molecule has 2 heterocycles. The number of fused-ring (bicyclic) bond motifs is 3. The van der Waals surface area contributed by atoms with Crippen molar-refractivity contribution in [1.82, 2.24) is 9.55 Å². The Morgan fingerprint density at radius 3 is 2.59 bits per heavy atom. The quantitative estimate of drug-likeness (QED) is 0.256. The Kier molecular flexibility index (Phi) is 8.36. The van der Waals surface area contributed by atoms with Gasteiger partial charge in [-0.2, -0.15) is 0 Å². The highest BCUT2D eigenvalue weighted by Gasteiger charge is 2.47. The zero-order valence-electron chi connectivity index (χ0n) is 22.4. The molecule has 4 rings (SSSR count). The van der Waals surface area contributed by atoms with Crippen molar-refractivity contribution in [2.75, 3.05) is 31.8 Å². The number of esters is 1. The summed E-state index contributed by atoms with van der Waals surface area (Å²) in [6, 6.07) is 12.7. The molecule has 8 heteroatoms. The van der Waals surface area contributed by atoms with Crippen molar-refractivity contribution < 1.29 is 23.8 Å². The van der Waals surface area contributed by atoms with E-state index >= 15 is 0 Å². The van der Waals surface area contributed by atoms with Gasteiger partial charge in [0, 0.05) is 6.54 Å². The van der Waals surface area contributed by atoms with E-state index in [1.165, 1.54) is 0 Å². The Balaban J connectivity index is 1.87. The van der Waals surface area contributed by atoms with Crippen molar-refractivity contribution in [3.05, 3.63) is 48.0 Å². The Morgan fingerprint density at radius 1 is 1.11 bits per heavy atom. The summed E-state index contributed by atoms with van der Waals surface area (Å²) >= 11 is 0. The van der Waals surface area contributed by atoms with Gasteiger partial charge in [-0.05, 0) is 55.5 Å². The lowest BCUT2D eigenvalue weighted by Gasteiger charge is -2.38. The summed E-state index contributed by atoms with van der Waals surface area (Å²) in [6.45, 7) is 9.36. The Hall–Kier alpha value is -3.55. The molecule has 0 bridgehead atoms. The summed E-state index contributed by atoms with van der Waals surface area (Å²) in [7, 11) is 1.59. The van der Waals surface area contributed by atoms with Crippen LogP contribution in [-0.4, -0.2) is 48.3 Å². The summed E-state index contributed by atoms with van der Waals surface area (Å²) < 4.78 is 19.1. The summed E-state index contributed by atoms with van der Waals surface area (Å²) in [5.74, 6) is 0.348. The maximum Gasteiger partial charge on any atom is 0.321 e. The van der Waals surface area contributed by atoms with Crippen molar-refractivity contribution in [2.45, 2.75) is 53.0 Å². The number of aromatic nitrogens is 2. The van der Waals surface area contributed by atoms with Gasteiger partial charge in [-0.3, -0.25) is 14.5 Å². The van der Waals surface area contributed by atoms with Crippen molar-refractivity contribution >= 4 is 28.9 Å². The van der Waals surface area contributed by atoms with Crippen molar-refractivity contribution in [2.24, 2.45) is 11.8 Å². The molecular weight excluding hydrogens is 470 g/mol. The molecule has 37 heavy (non-hydrogen) atoms. The molecule has 8 nitrogen and oxygen atoms in total. The first-order valence-corrected chi connectivity index (χ1v) is 13.2. The molecule has 1 aliphatic rings. The smallest absolute Gasteiger partial charge is 0.321 e. The molecule has 2 atom stereocenters. The van der Waals surface area contributed by atoms with Gasteiger partial charge in [-0.1, -0.05) is 45.4 Å².